The van der Waals surface area contributed by atoms with Gasteiger partial charge in [0.05, 0.1) is 0 Å². The Morgan fingerprint density at radius 3 is 3.00 bits per heavy atom. The Hall–Kier alpha value is -0.370. The minimum atomic E-state index is -0.926. The van der Waals surface area contributed by atoms with Gasteiger partial charge in [0, 0.05) is 6.42 Å². The molecular formula is C11H18O2. The van der Waals surface area contributed by atoms with Crippen molar-refractivity contribution in [3.8, 4) is 0 Å². The van der Waals surface area contributed by atoms with Crippen molar-refractivity contribution >= 4 is 5.78 Å². The summed E-state index contributed by atoms with van der Waals surface area (Å²) in [4.78, 5) is 11.7. The molecule has 2 aliphatic rings. The summed E-state index contributed by atoms with van der Waals surface area (Å²) in [5.74, 6) is 0.851. The van der Waals surface area contributed by atoms with Crippen molar-refractivity contribution in [3.63, 3.8) is 0 Å². The van der Waals surface area contributed by atoms with Crippen LogP contribution in [0.25, 0.3) is 0 Å². The van der Waals surface area contributed by atoms with Gasteiger partial charge in [0.2, 0.25) is 0 Å². The van der Waals surface area contributed by atoms with E-state index in [-0.39, 0.29) is 11.7 Å². The third-order valence-corrected chi connectivity index (χ3v) is 3.74. The molecule has 2 heteroatoms. The van der Waals surface area contributed by atoms with E-state index in [1.54, 1.807) is 0 Å². The standard InChI is InChI=1S/C11H18O2/c1-8-6-9-4-2-3-5-11(9,13)10(12)7-8/h8-9,13H,2-7H2,1H3/t8-,9-,11-/m1/s1. The molecule has 0 bridgehead atoms. The van der Waals surface area contributed by atoms with Gasteiger partial charge in [-0.3, -0.25) is 4.79 Å². The van der Waals surface area contributed by atoms with Gasteiger partial charge in [-0.05, 0) is 31.1 Å². The summed E-state index contributed by atoms with van der Waals surface area (Å²) in [7, 11) is 0. The van der Waals surface area contributed by atoms with E-state index in [4.69, 9.17) is 0 Å². The van der Waals surface area contributed by atoms with Crippen LogP contribution in [-0.4, -0.2) is 16.5 Å². The van der Waals surface area contributed by atoms with E-state index in [1.807, 2.05) is 0 Å². The van der Waals surface area contributed by atoms with Crippen LogP contribution in [0.2, 0.25) is 0 Å². The Bertz CT molecular complexity index is 224. The minimum absolute atomic E-state index is 0.107. The van der Waals surface area contributed by atoms with Crippen molar-refractivity contribution in [1.82, 2.24) is 0 Å². The molecule has 2 aliphatic carbocycles. The average Bonchev–Trinajstić information content (AvgIpc) is 2.07. The summed E-state index contributed by atoms with van der Waals surface area (Å²) in [6.45, 7) is 2.12. The summed E-state index contributed by atoms with van der Waals surface area (Å²) >= 11 is 0. The molecule has 0 aliphatic heterocycles. The monoisotopic (exact) mass is 182 g/mol. The molecule has 2 fully saturated rings. The summed E-state index contributed by atoms with van der Waals surface area (Å²) in [6, 6.07) is 0. The summed E-state index contributed by atoms with van der Waals surface area (Å²) in [5.41, 5.74) is -0.926. The molecule has 0 aromatic rings. The number of rotatable bonds is 0. The molecule has 0 unspecified atom stereocenters. The third kappa shape index (κ3) is 1.41. The number of ketones is 1. The van der Waals surface area contributed by atoms with E-state index in [9.17, 15) is 9.90 Å². The Morgan fingerprint density at radius 1 is 1.46 bits per heavy atom. The number of hydrogen-bond donors (Lipinski definition) is 1. The molecule has 1 N–H and O–H groups in total. The highest BCUT2D eigenvalue weighted by Crippen LogP contribution is 2.43. The first-order chi connectivity index (χ1) is 6.13. The van der Waals surface area contributed by atoms with Crippen LogP contribution in [0.5, 0.6) is 0 Å². The van der Waals surface area contributed by atoms with Crippen LogP contribution in [0.15, 0.2) is 0 Å². The number of hydrogen-bond acceptors (Lipinski definition) is 2. The van der Waals surface area contributed by atoms with Crippen LogP contribution in [0.4, 0.5) is 0 Å². The smallest absolute Gasteiger partial charge is 0.164 e. The predicted molar refractivity (Wildman–Crippen MR) is 50.3 cm³/mol. The van der Waals surface area contributed by atoms with Crippen LogP contribution in [-0.2, 0) is 4.79 Å². The predicted octanol–water partition coefficient (Wildman–Crippen LogP) is 1.91. The SMILES string of the molecule is C[C@H]1CC(=O)[C@@]2(O)CCCC[C@@H]2C1. The van der Waals surface area contributed by atoms with Crippen molar-refractivity contribution in [1.29, 1.82) is 0 Å². The molecule has 13 heavy (non-hydrogen) atoms. The lowest BCUT2D eigenvalue weighted by molar-refractivity contribution is -0.155. The Kier molecular flexibility index (Phi) is 2.18. The van der Waals surface area contributed by atoms with Gasteiger partial charge in [-0.1, -0.05) is 19.8 Å². The van der Waals surface area contributed by atoms with Crippen LogP contribution in [0.1, 0.15) is 45.4 Å². The fraction of sp³-hybridized carbons (Fsp3) is 0.909. The summed E-state index contributed by atoms with van der Waals surface area (Å²) in [6.07, 6.45) is 5.60. The number of carbonyl (C=O) groups is 1. The van der Waals surface area contributed by atoms with Gasteiger partial charge in [-0.2, -0.15) is 0 Å². The Balaban J connectivity index is 2.20. The molecule has 2 rings (SSSR count). The highest BCUT2D eigenvalue weighted by molar-refractivity contribution is 5.88. The van der Waals surface area contributed by atoms with E-state index in [1.165, 1.54) is 6.42 Å². The Labute approximate surface area is 79.3 Å². The molecule has 0 spiro atoms. The highest BCUT2D eigenvalue weighted by atomic mass is 16.3. The lowest BCUT2D eigenvalue weighted by atomic mass is 9.64. The van der Waals surface area contributed by atoms with Gasteiger partial charge >= 0.3 is 0 Å². The molecule has 3 atom stereocenters. The molecular weight excluding hydrogens is 164 g/mol. The number of Topliss-reactive ketones (excluding diaryl/α,β-unsaturated/α-hetero) is 1. The second kappa shape index (κ2) is 3.09. The van der Waals surface area contributed by atoms with Crippen molar-refractivity contribution in [2.75, 3.05) is 0 Å². The zero-order valence-electron chi connectivity index (χ0n) is 8.25. The van der Waals surface area contributed by atoms with Gasteiger partial charge in [0.25, 0.3) is 0 Å². The molecule has 2 saturated carbocycles. The van der Waals surface area contributed by atoms with Gasteiger partial charge in [0.1, 0.15) is 5.60 Å². The van der Waals surface area contributed by atoms with Crippen molar-refractivity contribution in [3.05, 3.63) is 0 Å². The van der Waals surface area contributed by atoms with Crippen molar-refractivity contribution in [2.24, 2.45) is 11.8 Å². The van der Waals surface area contributed by atoms with E-state index in [2.05, 4.69) is 6.92 Å². The second-order valence-electron chi connectivity index (χ2n) is 4.84. The Morgan fingerprint density at radius 2 is 2.23 bits per heavy atom. The maximum atomic E-state index is 11.7. The van der Waals surface area contributed by atoms with Gasteiger partial charge in [-0.25, -0.2) is 0 Å². The number of aliphatic hydroxyl groups is 1. The second-order valence-corrected chi connectivity index (χ2v) is 4.84. The first kappa shape index (κ1) is 9.20. The molecule has 74 valence electrons. The molecule has 2 nitrogen and oxygen atoms in total. The lowest BCUT2D eigenvalue weighted by Crippen LogP contribution is -2.52. The number of fused-ring (bicyclic) bond motifs is 1. The fourth-order valence-corrected chi connectivity index (χ4v) is 2.97. The summed E-state index contributed by atoms with van der Waals surface area (Å²) in [5, 5.41) is 10.2. The average molecular weight is 182 g/mol. The van der Waals surface area contributed by atoms with Gasteiger partial charge in [-0.15, -0.1) is 0 Å². The van der Waals surface area contributed by atoms with Crippen molar-refractivity contribution < 1.29 is 9.90 Å². The van der Waals surface area contributed by atoms with E-state index in [0.717, 1.165) is 19.3 Å². The largest absolute Gasteiger partial charge is 0.382 e. The fourth-order valence-electron chi connectivity index (χ4n) is 2.97. The quantitative estimate of drug-likeness (QED) is 0.621. The normalized spacial score (nSPS) is 45.8. The van der Waals surface area contributed by atoms with Crippen LogP contribution in [0, 0.1) is 11.8 Å². The third-order valence-electron chi connectivity index (χ3n) is 3.74. The maximum Gasteiger partial charge on any atom is 0.164 e. The molecule has 0 aromatic carbocycles. The van der Waals surface area contributed by atoms with E-state index in [0.29, 0.717) is 18.8 Å². The zero-order valence-corrected chi connectivity index (χ0v) is 8.25. The highest BCUT2D eigenvalue weighted by Gasteiger charge is 2.48. The molecule has 0 aromatic heterocycles. The van der Waals surface area contributed by atoms with Gasteiger partial charge < -0.3 is 5.11 Å². The zero-order chi connectivity index (χ0) is 9.47. The van der Waals surface area contributed by atoms with Crippen LogP contribution < -0.4 is 0 Å². The minimum Gasteiger partial charge on any atom is -0.382 e. The molecule has 0 heterocycles. The van der Waals surface area contributed by atoms with E-state index >= 15 is 0 Å². The van der Waals surface area contributed by atoms with Crippen LogP contribution in [0.3, 0.4) is 0 Å². The summed E-state index contributed by atoms with van der Waals surface area (Å²) < 4.78 is 0. The molecule has 0 amide bonds. The van der Waals surface area contributed by atoms with Crippen molar-refractivity contribution in [2.45, 2.75) is 51.0 Å². The first-order valence-electron chi connectivity index (χ1n) is 5.38. The lowest BCUT2D eigenvalue weighted by Gasteiger charge is -2.44. The van der Waals surface area contributed by atoms with Crippen LogP contribution >= 0.6 is 0 Å². The molecule has 0 radical (unpaired) electrons. The van der Waals surface area contributed by atoms with Gasteiger partial charge in [0.15, 0.2) is 5.78 Å². The first-order valence-corrected chi connectivity index (χ1v) is 5.38. The maximum absolute atomic E-state index is 11.7. The topological polar surface area (TPSA) is 37.3 Å². The molecule has 0 saturated heterocycles. The number of carbonyl (C=O) groups excluding carboxylic acids is 1. The van der Waals surface area contributed by atoms with E-state index < -0.39 is 5.60 Å².